The first kappa shape index (κ1) is 9.10. The van der Waals surface area contributed by atoms with Crippen molar-refractivity contribution in [3.63, 3.8) is 0 Å². The predicted molar refractivity (Wildman–Crippen MR) is 51.2 cm³/mol. The Morgan fingerprint density at radius 3 is 2.58 bits per heavy atom. The van der Waals surface area contributed by atoms with E-state index in [1.165, 1.54) is 0 Å². The summed E-state index contributed by atoms with van der Waals surface area (Å²) in [7, 11) is 1.88. The van der Waals surface area contributed by atoms with Crippen molar-refractivity contribution >= 4 is 5.82 Å². The van der Waals surface area contributed by atoms with Gasteiger partial charge in [-0.05, 0) is 5.41 Å². The van der Waals surface area contributed by atoms with Gasteiger partial charge in [0.1, 0.15) is 5.82 Å². The molecule has 0 fully saturated rings. The second kappa shape index (κ2) is 3.17. The fraction of sp³-hybridized carbons (Fsp3) is 0.667. The lowest BCUT2D eigenvalue weighted by molar-refractivity contribution is 0.343. The maximum absolute atomic E-state index is 4.17. The van der Waals surface area contributed by atoms with Crippen LogP contribution in [-0.4, -0.2) is 16.6 Å². The number of hydrogen-bond donors (Lipinski definition) is 1. The van der Waals surface area contributed by atoms with Crippen LogP contribution in [0.25, 0.3) is 0 Å². The third-order valence-corrected chi connectivity index (χ3v) is 1.55. The standard InChI is InChI=1S/C9H17N3/c1-9(2,3)6-12-5-8(10-4)11-7-12/h5,7,10H,6H2,1-4H3. The summed E-state index contributed by atoms with van der Waals surface area (Å²) in [4.78, 5) is 4.17. The molecular formula is C9H17N3. The molecule has 1 aromatic heterocycles. The van der Waals surface area contributed by atoms with Crippen molar-refractivity contribution in [2.45, 2.75) is 27.3 Å². The van der Waals surface area contributed by atoms with Crippen molar-refractivity contribution in [2.24, 2.45) is 5.41 Å². The first-order valence-electron chi connectivity index (χ1n) is 4.21. The highest BCUT2D eigenvalue weighted by molar-refractivity contribution is 5.29. The predicted octanol–water partition coefficient (Wildman–Crippen LogP) is 1.97. The lowest BCUT2D eigenvalue weighted by Crippen LogP contribution is -2.13. The second-order valence-corrected chi connectivity index (χ2v) is 4.24. The fourth-order valence-corrected chi connectivity index (χ4v) is 1.12. The summed E-state index contributed by atoms with van der Waals surface area (Å²) in [5.74, 6) is 0.930. The zero-order chi connectivity index (χ0) is 9.19. The number of anilines is 1. The summed E-state index contributed by atoms with van der Waals surface area (Å²) in [6, 6.07) is 0. The average molecular weight is 167 g/mol. The number of aromatic nitrogens is 2. The molecule has 0 aliphatic carbocycles. The smallest absolute Gasteiger partial charge is 0.143 e. The van der Waals surface area contributed by atoms with E-state index in [0.29, 0.717) is 5.41 Å². The molecule has 3 nitrogen and oxygen atoms in total. The quantitative estimate of drug-likeness (QED) is 0.729. The Bertz CT molecular complexity index is 245. The van der Waals surface area contributed by atoms with Crippen molar-refractivity contribution < 1.29 is 0 Å². The molecule has 68 valence electrons. The van der Waals surface area contributed by atoms with Crippen LogP contribution in [0.5, 0.6) is 0 Å². The molecule has 0 aliphatic heterocycles. The van der Waals surface area contributed by atoms with Crippen LogP contribution in [0.15, 0.2) is 12.5 Å². The first-order valence-corrected chi connectivity index (χ1v) is 4.21. The van der Waals surface area contributed by atoms with Crippen LogP contribution in [0.4, 0.5) is 5.82 Å². The minimum Gasteiger partial charge on any atom is -0.372 e. The van der Waals surface area contributed by atoms with Gasteiger partial charge in [-0.25, -0.2) is 4.98 Å². The van der Waals surface area contributed by atoms with Crippen molar-refractivity contribution in [3.8, 4) is 0 Å². The third kappa shape index (κ3) is 2.57. The van der Waals surface area contributed by atoms with Crippen LogP contribution in [0.2, 0.25) is 0 Å². The molecule has 0 aliphatic rings. The van der Waals surface area contributed by atoms with E-state index < -0.39 is 0 Å². The van der Waals surface area contributed by atoms with E-state index in [9.17, 15) is 0 Å². The zero-order valence-electron chi connectivity index (χ0n) is 8.26. The Kier molecular flexibility index (Phi) is 2.40. The van der Waals surface area contributed by atoms with Crippen LogP contribution in [-0.2, 0) is 6.54 Å². The van der Waals surface area contributed by atoms with E-state index in [1.807, 2.05) is 19.6 Å². The van der Waals surface area contributed by atoms with Gasteiger partial charge in [0.25, 0.3) is 0 Å². The van der Waals surface area contributed by atoms with Crippen LogP contribution < -0.4 is 5.32 Å². The Balaban J connectivity index is 2.64. The molecule has 0 saturated carbocycles. The molecule has 0 radical (unpaired) electrons. The lowest BCUT2D eigenvalue weighted by Gasteiger charge is -2.18. The second-order valence-electron chi connectivity index (χ2n) is 4.24. The minimum atomic E-state index is 0.311. The highest BCUT2D eigenvalue weighted by Gasteiger charge is 2.10. The van der Waals surface area contributed by atoms with E-state index in [1.54, 1.807) is 0 Å². The van der Waals surface area contributed by atoms with Crippen molar-refractivity contribution in [3.05, 3.63) is 12.5 Å². The molecule has 0 saturated heterocycles. The van der Waals surface area contributed by atoms with E-state index in [4.69, 9.17) is 0 Å². The number of nitrogens with one attached hydrogen (secondary N) is 1. The van der Waals surface area contributed by atoms with Gasteiger partial charge >= 0.3 is 0 Å². The van der Waals surface area contributed by atoms with Gasteiger partial charge in [-0.1, -0.05) is 20.8 Å². The monoisotopic (exact) mass is 167 g/mol. The number of rotatable bonds is 2. The van der Waals surface area contributed by atoms with E-state index >= 15 is 0 Å². The van der Waals surface area contributed by atoms with Crippen LogP contribution in [0.1, 0.15) is 20.8 Å². The van der Waals surface area contributed by atoms with Gasteiger partial charge in [-0.15, -0.1) is 0 Å². The Morgan fingerprint density at radius 1 is 1.50 bits per heavy atom. The van der Waals surface area contributed by atoms with E-state index in [0.717, 1.165) is 12.4 Å². The highest BCUT2D eigenvalue weighted by atomic mass is 15.1. The molecule has 0 unspecified atom stereocenters. The zero-order valence-corrected chi connectivity index (χ0v) is 8.26. The van der Waals surface area contributed by atoms with Crippen LogP contribution >= 0.6 is 0 Å². The molecule has 1 N–H and O–H groups in total. The van der Waals surface area contributed by atoms with Crippen molar-refractivity contribution in [1.29, 1.82) is 0 Å². The molecule has 0 amide bonds. The maximum Gasteiger partial charge on any atom is 0.143 e. The van der Waals surface area contributed by atoms with Gasteiger partial charge < -0.3 is 9.88 Å². The third-order valence-electron chi connectivity index (χ3n) is 1.55. The molecule has 0 aromatic carbocycles. The van der Waals surface area contributed by atoms with Gasteiger partial charge in [0.2, 0.25) is 0 Å². The summed E-state index contributed by atoms with van der Waals surface area (Å²) >= 11 is 0. The molecule has 1 aromatic rings. The van der Waals surface area contributed by atoms with Gasteiger partial charge in [0, 0.05) is 19.8 Å². The molecular weight excluding hydrogens is 150 g/mol. The summed E-state index contributed by atoms with van der Waals surface area (Å²) in [5.41, 5.74) is 0.311. The first-order chi connectivity index (χ1) is 5.51. The summed E-state index contributed by atoms with van der Waals surface area (Å²) in [6.45, 7) is 7.64. The average Bonchev–Trinajstić information content (AvgIpc) is 2.32. The highest BCUT2D eigenvalue weighted by Crippen LogP contribution is 2.16. The van der Waals surface area contributed by atoms with Gasteiger partial charge in [-0.2, -0.15) is 0 Å². The van der Waals surface area contributed by atoms with Crippen molar-refractivity contribution in [2.75, 3.05) is 12.4 Å². The number of imidazole rings is 1. The summed E-state index contributed by atoms with van der Waals surface area (Å²) in [5, 5.41) is 3.00. The van der Waals surface area contributed by atoms with Gasteiger partial charge in [-0.3, -0.25) is 0 Å². The molecule has 0 bridgehead atoms. The normalized spacial score (nSPS) is 11.7. The van der Waals surface area contributed by atoms with Crippen molar-refractivity contribution in [1.82, 2.24) is 9.55 Å². The Morgan fingerprint density at radius 2 is 2.17 bits per heavy atom. The molecule has 1 heterocycles. The SMILES string of the molecule is CNc1cn(CC(C)(C)C)cn1. The van der Waals surface area contributed by atoms with E-state index in [-0.39, 0.29) is 0 Å². The molecule has 12 heavy (non-hydrogen) atoms. The van der Waals surface area contributed by atoms with Gasteiger partial charge in [0.15, 0.2) is 0 Å². The Labute approximate surface area is 73.8 Å². The summed E-state index contributed by atoms with van der Waals surface area (Å²) in [6.07, 6.45) is 3.88. The Hall–Kier alpha value is -0.990. The number of nitrogens with zero attached hydrogens (tertiary/aromatic N) is 2. The van der Waals surface area contributed by atoms with Crippen LogP contribution in [0.3, 0.4) is 0 Å². The van der Waals surface area contributed by atoms with E-state index in [2.05, 4.69) is 35.6 Å². The van der Waals surface area contributed by atoms with Gasteiger partial charge in [0.05, 0.1) is 6.33 Å². The topological polar surface area (TPSA) is 29.9 Å². The number of hydrogen-bond acceptors (Lipinski definition) is 2. The minimum absolute atomic E-state index is 0.311. The molecule has 0 spiro atoms. The molecule has 1 rings (SSSR count). The largest absolute Gasteiger partial charge is 0.372 e. The lowest BCUT2D eigenvalue weighted by atomic mass is 9.97. The molecule has 0 atom stereocenters. The fourth-order valence-electron chi connectivity index (χ4n) is 1.12. The van der Waals surface area contributed by atoms with Crippen LogP contribution in [0, 0.1) is 5.41 Å². The maximum atomic E-state index is 4.17. The summed E-state index contributed by atoms with van der Waals surface area (Å²) < 4.78 is 2.10. The molecule has 3 heteroatoms.